The average molecular weight is 241 g/mol. The van der Waals surface area contributed by atoms with E-state index in [-0.39, 0.29) is 0 Å². The summed E-state index contributed by atoms with van der Waals surface area (Å²) in [7, 11) is 0. The van der Waals surface area contributed by atoms with Crippen LogP contribution in [-0.2, 0) is 0 Å². The number of halogens is 1. The molecule has 0 fully saturated rings. The van der Waals surface area contributed by atoms with Crippen molar-refractivity contribution in [2.75, 3.05) is 0 Å². The van der Waals surface area contributed by atoms with Gasteiger partial charge in [-0.1, -0.05) is 0 Å². The molecule has 0 atom stereocenters. The van der Waals surface area contributed by atoms with Gasteiger partial charge in [0, 0.05) is 10.9 Å². The van der Waals surface area contributed by atoms with Gasteiger partial charge in [0.15, 0.2) is 0 Å². The highest BCUT2D eigenvalue weighted by Crippen LogP contribution is 2.20. The summed E-state index contributed by atoms with van der Waals surface area (Å²) in [5, 5.41) is 4.10. The van der Waals surface area contributed by atoms with Crippen LogP contribution >= 0.6 is 27.3 Å². The van der Waals surface area contributed by atoms with Crippen LogP contribution in [-0.4, -0.2) is 9.97 Å². The number of thiophene rings is 1. The Kier molecular flexibility index (Phi) is 2.19. The maximum absolute atomic E-state index is 4.15. The second-order valence-corrected chi connectivity index (χ2v) is 3.83. The summed E-state index contributed by atoms with van der Waals surface area (Å²) in [6, 6.07) is 3.95. The van der Waals surface area contributed by atoms with E-state index in [4.69, 9.17) is 0 Å². The molecule has 2 heterocycles. The number of hydrogen-bond acceptors (Lipinski definition) is 3. The third kappa shape index (κ3) is 1.54. The monoisotopic (exact) mass is 240 g/mol. The summed E-state index contributed by atoms with van der Waals surface area (Å²) >= 11 is 4.96. The van der Waals surface area contributed by atoms with E-state index in [1.54, 1.807) is 17.7 Å². The average Bonchev–Trinajstić information content (AvgIpc) is 2.56. The van der Waals surface area contributed by atoms with Gasteiger partial charge in [-0.3, -0.25) is 0 Å². The predicted molar refractivity (Wildman–Crippen MR) is 53.0 cm³/mol. The first-order valence-electron chi connectivity index (χ1n) is 3.36. The Labute approximate surface area is 82.4 Å². The standard InChI is InChI=1S/C8H5BrN2S/c9-8-3-7(10-5-11-8)6-1-2-12-4-6/h1-5H. The lowest BCUT2D eigenvalue weighted by Gasteiger charge is -1.94. The second-order valence-electron chi connectivity index (χ2n) is 2.24. The van der Waals surface area contributed by atoms with Crippen molar-refractivity contribution < 1.29 is 0 Å². The largest absolute Gasteiger partial charge is 0.236 e. The SMILES string of the molecule is Brc1cc(-c2ccsc2)ncn1. The molecule has 0 spiro atoms. The molecule has 2 aromatic heterocycles. The van der Waals surface area contributed by atoms with Crippen LogP contribution < -0.4 is 0 Å². The molecule has 0 aliphatic heterocycles. The summed E-state index contributed by atoms with van der Waals surface area (Å²) in [6.45, 7) is 0. The van der Waals surface area contributed by atoms with E-state index in [0.29, 0.717) is 0 Å². The summed E-state index contributed by atoms with van der Waals surface area (Å²) in [6.07, 6.45) is 1.55. The van der Waals surface area contributed by atoms with Gasteiger partial charge < -0.3 is 0 Å². The van der Waals surface area contributed by atoms with Crippen molar-refractivity contribution in [1.29, 1.82) is 0 Å². The summed E-state index contributed by atoms with van der Waals surface area (Å²) < 4.78 is 0.818. The number of hydrogen-bond donors (Lipinski definition) is 0. The van der Waals surface area contributed by atoms with Crippen LogP contribution in [0.4, 0.5) is 0 Å². The first kappa shape index (κ1) is 7.89. The fourth-order valence-corrected chi connectivity index (χ4v) is 1.86. The molecule has 0 unspecified atom stereocenters. The summed E-state index contributed by atoms with van der Waals surface area (Å²) in [5.74, 6) is 0. The molecule has 0 aromatic carbocycles. The van der Waals surface area contributed by atoms with E-state index >= 15 is 0 Å². The minimum Gasteiger partial charge on any atom is -0.236 e. The number of nitrogens with zero attached hydrogens (tertiary/aromatic N) is 2. The fourth-order valence-electron chi connectivity index (χ4n) is 0.902. The molecule has 4 heteroatoms. The molecule has 0 aliphatic rings. The van der Waals surface area contributed by atoms with Crippen molar-refractivity contribution >= 4 is 27.3 Å². The maximum atomic E-state index is 4.15. The molecule has 12 heavy (non-hydrogen) atoms. The van der Waals surface area contributed by atoms with Gasteiger partial charge in [0.1, 0.15) is 10.9 Å². The Bertz CT molecular complexity index is 372. The quantitative estimate of drug-likeness (QED) is 0.717. The van der Waals surface area contributed by atoms with Crippen LogP contribution in [0.15, 0.2) is 33.8 Å². The van der Waals surface area contributed by atoms with Gasteiger partial charge in [-0.15, -0.1) is 0 Å². The lowest BCUT2D eigenvalue weighted by atomic mass is 10.2. The van der Waals surface area contributed by atoms with E-state index in [1.165, 1.54) is 0 Å². The molecule has 0 bridgehead atoms. The zero-order valence-electron chi connectivity index (χ0n) is 6.07. The van der Waals surface area contributed by atoms with E-state index < -0.39 is 0 Å². The fraction of sp³-hybridized carbons (Fsp3) is 0. The van der Waals surface area contributed by atoms with E-state index in [9.17, 15) is 0 Å². The van der Waals surface area contributed by atoms with Gasteiger partial charge in [0.05, 0.1) is 5.69 Å². The minimum atomic E-state index is 0.818. The highest BCUT2D eigenvalue weighted by molar-refractivity contribution is 9.10. The highest BCUT2D eigenvalue weighted by Gasteiger charge is 1.99. The maximum Gasteiger partial charge on any atom is 0.117 e. The molecule has 0 saturated carbocycles. The third-order valence-electron chi connectivity index (χ3n) is 1.45. The summed E-state index contributed by atoms with van der Waals surface area (Å²) in [5.41, 5.74) is 2.10. The first-order valence-corrected chi connectivity index (χ1v) is 5.10. The van der Waals surface area contributed by atoms with Crippen LogP contribution in [0.3, 0.4) is 0 Å². The normalized spacial score (nSPS) is 10.1. The molecule has 0 aliphatic carbocycles. The zero-order valence-corrected chi connectivity index (χ0v) is 8.47. The van der Waals surface area contributed by atoms with Crippen molar-refractivity contribution in [2.45, 2.75) is 0 Å². The van der Waals surface area contributed by atoms with Gasteiger partial charge in [-0.05, 0) is 33.4 Å². The van der Waals surface area contributed by atoms with Gasteiger partial charge in [-0.25, -0.2) is 9.97 Å². The second kappa shape index (κ2) is 3.33. The first-order chi connectivity index (χ1) is 5.86. The van der Waals surface area contributed by atoms with Crippen molar-refractivity contribution in [3.8, 4) is 11.3 Å². The molecule has 0 radical (unpaired) electrons. The van der Waals surface area contributed by atoms with Crippen LogP contribution in [0.5, 0.6) is 0 Å². The Balaban J connectivity index is 2.48. The zero-order chi connectivity index (χ0) is 8.39. The highest BCUT2D eigenvalue weighted by atomic mass is 79.9. The van der Waals surface area contributed by atoms with Crippen molar-refractivity contribution in [3.63, 3.8) is 0 Å². The van der Waals surface area contributed by atoms with Gasteiger partial charge in [-0.2, -0.15) is 11.3 Å². The van der Waals surface area contributed by atoms with E-state index in [0.717, 1.165) is 15.9 Å². The molecule has 2 aromatic rings. The van der Waals surface area contributed by atoms with Crippen LogP contribution in [0.1, 0.15) is 0 Å². The van der Waals surface area contributed by atoms with Crippen molar-refractivity contribution in [1.82, 2.24) is 9.97 Å². The summed E-state index contributed by atoms with van der Waals surface area (Å²) in [4.78, 5) is 8.11. The minimum absolute atomic E-state index is 0.818. The van der Waals surface area contributed by atoms with Crippen LogP contribution in [0, 0.1) is 0 Å². The topological polar surface area (TPSA) is 25.8 Å². The van der Waals surface area contributed by atoms with Gasteiger partial charge in [0.25, 0.3) is 0 Å². The van der Waals surface area contributed by atoms with Gasteiger partial charge >= 0.3 is 0 Å². The molecular weight excluding hydrogens is 236 g/mol. The van der Waals surface area contributed by atoms with Crippen LogP contribution in [0.2, 0.25) is 0 Å². The molecule has 2 rings (SSSR count). The molecular formula is C8H5BrN2S. The van der Waals surface area contributed by atoms with Crippen molar-refractivity contribution in [2.24, 2.45) is 0 Å². The Morgan fingerprint density at radius 2 is 2.25 bits per heavy atom. The van der Waals surface area contributed by atoms with Crippen LogP contribution in [0.25, 0.3) is 11.3 Å². The van der Waals surface area contributed by atoms with Crippen molar-refractivity contribution in [3.05, 3.63) is 33.8 Å². The molecule has 0 saturated heterocycles. The third-order valence-corrected chi connectivity index (χ3v) is 2.57. The molecule has 0 N–H and O–H groups in total. The lowest BCUT2D eigenvalue weighted by Crippen LogP contribution is -1.82. The van der Waals surface area contributed by atoms with E-state index in [1.807, 2.05) is 17.5 Å². The molecule has 2 nitrogen and oxygen atoms in total. The number of aromatic nitrogens is 2. The Hall–Kier alpha value is -0.740. The molecule has 0 amide bonds. The Morgan fingerprint density at radius 1 is 1.33 bits per heavy atom. The Morgan fingerprint density at radius 3 is 2.92 bits per heavy atom. The molecule has 60 valence electrons. The predicted octanol–water partition coefficient (Wildman–Crippen LogP) is 2.97. The lowest BCUT2D eigenvalue weighted by molar-refractivity contribution is 1.14. The number of rotatable bonds is 1. The van der Waals surface area contributed by atoms with Gasteiger partial charge in [0.2, 0.25) is 0 Å². The smallest absolute Gasteiger partial charge is 0.117 e. The van der Waals surface area contributed by atoms with E-state index in [2.05, 4.69) is 31.3 Å².